The minimum Gasteiger partial charge on any atom is -0.424 e. The molecule has 1 amide bonds. The highest BCUT2D eigenvalue weighted by Gasteiger charge is 2.17. The van der Waals surface area contributed by atoms with Crippen LogP contribution in [0, 0.1) is 6.92 Å². The highest BCUT2D eigenvalue weighted by atomic mass is 35.5. The molecule has 2 N–H and O–H groups in total. The Balaban J connectivity index is 0.00000225. The molecule has 6 nitrogen and oxygen atoms in total. The van der Waals surface area contributed by atoms with E-state index in [2.05, 4.69) is 20.6 Å². The zero-order valence-corrected chi connectivity index (χ0v) is 15.5. The van der Waals surface area contributed by atoms with Gasteiger partial charge in [0, 0.05) is 48.6 Å². The fourth-order valence-electron chi connectivity index (χ4n) is 2.46. The number of ether oxygens (including phenoxy) is 1. The van der Waals surface area contributed by atoms with Crippen LogP contribution in [0.2, 0.25) is 0 Å². The molecule has 0 saturated carbocycles. The van der Waals surface area contributed by atoms with E-state index in [9.17, 15) is 4.79 Å². The van der Waals surface area contributed by atoms with Crippen LogP contribution in [0.25, 0.3) is 0 Å². The summed E-state index contributed by atoms with van der Waals surface area (Å²) in [6.45, 7) is 2.90. The third-order valence-corrected chi connectivity index (χ3v) is 4.78. The lowest BCUT2D eigenvalue weighted by atomic mass is 10.1. The fourth-order valence-corrected chi connectivity index (χ4v) is 3.41. The number of anilines is 1. The molecule has 3 rings (SSSR count). The van der Waals surface area contributed by atoms with E-state index >= 15 is 0 Å². The lowest BCUT2D eigenvalue weighted by Crippen LogP contribution is -2.39. The molecule has 25 heavy (non-hydrogen) atoms. The Hall–Kier alpha value is -1.83. The molecule has 1 aliphatic heterocycles. The molecule has 1 atom stereocenters. The summed E-state index contributed by atoms with van der Waals surface area (Å²) >= 11 is 1.89. The number of nitrogens with one attached hydrogen (secondary N) is 2. The summed E-state index contributed by atoms with van der Waals surface area (Å²) in [5.41, 5.74) is 1.73. The van der Waals surface area contributed by atoms with Crippen molar-refractivity contribution in [3.8, 4) is 11.8 Å². The van der Waals surface area contributed by atoms with Gasteiger partial charge in [0.15, 0.2) is 0 Å². The van der Waals surface area contributed by atoms with Crippen LogP contribution < -0.4 is 15.4 Å². The first kappa shape index (κ1) is 19.5. The largest absolute Gasteiger partial charge is 0.424 e. The van der Waals surface area contributed by atoms with Crippen molar-refractivity contribution in [2.24, 2.45) is 0 Å². The number of nitrogens with zero attached hydrogens (tertiary/aromatic N) is 2. The molecule has 1 aromatic carbocycles. The predicted molar refractivity (Wildman–Crippen MR) is 103 cm³/mol. The molecule has 134 valence electrons. The van der Waals surface area contributed by atoms with Crippen molar-refractivity contribution < 1.29 is 9.53 Å². The van der Waals surface area contributed by atoms with Gasteiger partial charge in [0.1, 0.15) is 5.75 Å². The smallest absolute Gasteiger partial charge is 0.321 e. The minimum atomic E-state index is 0. The van der Waals surface area contributed by atoms with Gasteiger partial charge in [-0.1, -0.05) is 0 Å². The van der Waals surface area contributed by atoms with Crippen LogP contribution in [0.4, 0.5) is 5.69 Å². The number of aryl methyl sites for hydroxylation is 1. The second-order valence-electron chi connectivity index (χ2n) is 5.59. The quantitative estimate of drug-likeness (QED) is 0.830. The average Bonchev–Trinajstić information content (AvgIpc) is 2.59. The van der Waals surface area contributed by atoms with Crippen molar-refractivity contribution in [2.45, 2.75) is 19.4 Å². The Bertz CT molecular complexity index is 696. The maximum absolute atomic E-state index is 12.2. The maximum atomic E-state index is 12.2. The van der Waals surface area contributed by atoms with Crippen LogP contribution in [-0.2, 0) is 4.79 Å². The van der Waals surface area contributed by atoms with Gasteiger partial charge in [-0.15, -0.1) is 12.4 Å². The molecule has 0 aliphatic carbocycles. The van der Waals surface area contributed by atoms with Crippen molar-refractivity contribution in [3.63, 3.8) is 0 Å². The summed E-state index contributed by atoms with van der Waals surface area (Å²) in [6.07, 6.45) is 3.74. The molecule has 8 heteroatoms. The molecule has 0 radical (unpaired) electrons. The molecule has 2 aromatic rings. The number of carbonyl (C=O) groups excluding carboxylic acids is 1. The summed E-state index contributed by atoms with van der Waals surface area (Å²) in [5.74, 6) is 2.76. The van der Waals surface area contributed by atoms with Crippen LogP contribution in [0.5, 0.6) is 11.8 Å². The molecule has 1 fully saturated rings. The highest BCUT2D eigenvalue weighted by Crippen LogP contribution is 2.24. The molecule has 2 heterocycles. The van der Waals surface area contributed by atoms with E-state index in [0.717, 1.165) is 29.3 Å². The normalized spacial score (nSPS) is 16.6. The number of rotatable bonds is 5. The molecule has 0 bridgehead atoms. The molecule has 1 saturated heterocycles. The van der Waals surface area contributed by atoms with Gasteiger partial charge in [0.25, 0.3) is 0 Å². The highest BCUT2D eigenvalue weighted by molar-refractivity contribution is 7.99. The lowest BCUT2D eigenvalue weighted by molar-refractivity contribution is -0.116. The van der Waals surface area contributed by atoms with E-state index in [1.165, 1.54) is 0 Å². The van der Waals surface area contributed by atoms with Crippen molar-refractivity contribution >= 4 is 35.8 Å². The monoisotopic (exact) mass is 380 g/mol. The van der Waals surface area contributed by atoms with E-state index in [-0.39, 0.29) is 24.4 Å². The first-order chi connectivity index (χ1) is 11.7. The molecule has 1 aromatic heterocycles. The van der Waals surface area contributed by atoms with Crippen molar-refractivity contribution in [2.75, 3.05) is 23.4 Å². The van der Waals surface area contributed by atoms with Crippen molar-refractivity contribution in [1.29, 1.82) is 0 Å². The van der Waals surface area contributed by atoms with Gasteiger partial charge in [0.05, 0.1) is 0 Å². The standard InChI is InChI=1S/C17H20N4O2S.ClH/c1-12-9-14(23-17-19-5-2-6-20-17)3-4-15(12)21-16(22)10-13-11-24-8-7-18-13;/h2-6,9,13,18H,7-8,10-11H2,1H3,(H,21,22);1H. The summed E-state index contributed by atoms with van der Waals surface area (Å²) in [5, 5.41) is 6.34. The predicted octanol–water partition coefficient (Wildman–Crippen LogP) is 3.03. The lowest BCUT2D eigenvalue weighted by Gasteiger charge is -2.22. The second-order valence-corrected chi connectivity index (χ2v) is 6.74. The van der Waals surface area contributed by atoms with Gasteiger partial charge in [0.2, 0.25) is 5.91 Å². The summed E-state index contributed by atoms with van der Waals surface area (Å²) < 4.78 is 5.59. The van der Waals surface area contributed by atoms with Gasteiger partial charge in [-0.2, -0.15) is 11.8 Å². The van der Waals surface area contributed by atoms with Gasteiger partial charge in [-0.05, 0) is 36.8 Å². The SMILES string of the molecule is Cc1cc(Oc2ncccn2)ccc1NC(=O)CC1CSCCN1.Cl. The number of aromatic nitrogens is 2. The molecule has 1 unspecified atom stereocenters. The number of hydrogen-bond donors (Lipinski definition) is 2. The average molecular weight is 381 g/mol. The van der Waals surface area contributed by atoms with Crippen LogP contribution in [0.15, 0.2) is 36.7 Å². The van der Waals surface area contributed by atoms with Crippen molar-refractivity contribution in [3.05, 3.63) is 42.2 Å². The Morgan fingerprint density at radius 3 is 2.88 bits per heavy atom. The van der Waals surface area contributed by atoms with E-state index in [1.54, 1.807) is 24.5 Å². The van der Waals surface area contributed by atoms with Gasteiger partial charge in [-0.3, -0.25) is 4.79 Å². The Morgan fingerprint density at radius 2 is 2.20 bits per heavy atom. The third-order valence-electron chi connectivity index (χ3n) is 3.65. The zero-order chi connectivity index (χ0) is 16.8. The number of benzene rings is 1. The number of amides is 1. The molecule has 1 aliphatic rings. The maximum Gasteiger partial charge on any atom is 0.321 e. The Labute approximate surface area is 157 Å². The first-order valence-electron chi connectivity index (χ1n) is 7.87. The number of carbonyl (C=O) groups is 1. The molecular weight excluding hydrogens is 360 g/mol. The van der Waals surface area contributed by atoms with Crippen LogP contribution >= 0.6 is 24.2 Å². The number of thioether (sulfide) groups is 1. The minimum absolute atomic E-state index is 0. The zero-order valence-electron chi connectivity index (χ0n) is 13.9. The second kappa shape index (κ2) is 9.60. The number of hydrogen-bond acceptors (Lipinski definition) is 6. The van der Waals surface area contributed by atoms with Gasteiger partial charge >= 0.3 is 6.01 Å². The van der Waals surface area contributed by atoms with Crippen LogP contribution in [0.3, 0.4) is 0 Å². The fraction of sp³-hybridized carbons (Fsp3) is 0.353. The molecular formula is C17H21ClN4O2S. The number of halogens is 1. The van der Waals surface area contributed by atoms with Gasteiger partial charge in [-0.25, -0.2) is 9.97 Å². The summed E-state index contributed by atoms with van der Waals surface area (Å²) in [6, 6.07) is 7.79. The summed E-state index contributed by atoms with van der Waals surface area (Å²) in [7, 11) is 0. The molecule has 0 spiro atoms. The third kappa shape index (κ3) is 5.88. The van der Waals surface area contributed by atoms with Crippen molar-refractivity contribution in [1.82, 2.24) is 15.3 Å². The van der Waals surface area contributed by atoms with Gasteiger partial charge < -0.3 is 15.4 Å². The van der Waals surface area contributed by atoms with Crippen LogP contribution in [-0.4, -0.2) is 40.0 Å². The first-order valence-corrected chi connectivity index (χ1v) is 9.03. The Kier molecular flexibility index (Phi) is 7.49. The Morgan fingerprint density at radius 1 is 1.40 bits per heavy atom. The van der Waals surface area contributed by atoms with E-state index < -0.39 is 0 Å². The van der Waals surface area contributed by atoms with E-state index in [0.29, 0.717) is 18.2 Å². The van der Waals surface area contributed by atoms with E-state index in [1.807, 2.05) is 30.8 Å². The van der Waals surface area contributed by atoms with E-state index in [4.69, 9.17) is 4.74 Å². The van der Waals surface area contributed by atoms with Crippen LogP contribution in [0.1, 0.15) is 12.0 Å². The topological polar surface area (TPSA) is 76.1 Å². The summed E-state index contributed by atoms with van der Waals surface area (Å²) in [4.78, 5) is 20.3.